The average molecular weight is 825 g/mol. The number of aromatic nitrogens is 1. The zero-order valence-electron chi connectivity index (χ0n) is 33.8. The van der Waals surface area contributed by atoms with Gasteiger partial charge in [-0.25, -0.2) is 0 Å². The van der Waals surface area contributed by atoms with Crippen molar-refractivity contribution in [3.05, 3.63) is 137 Å². The van der Waals surface area contributed by atoms with E-state index in [2.05, 4.69) is 40.4 Å². The van der Waals surface area contributed by atoms with Crippen molar-refractivity contribution in [2.24, 2.45) is 7.05 Å². The molecule has 0 radical (unpaired) electrons. The highest BCUT2D eigenvalue weighted by Gasteiger charge is 2.39. The maximum atomic E-state index is 15.0. The van der Waals surface area contributed by atoms with E-state index in [9.17, 15) is 9.59 Å². The number of hydrogen-bond donors (Lipinski definition) is 0. The van der Waals surface area contributed by atoms with Crippen molar-refractivity contribution in [2.75, 3.05) is 30.5 Å². The lowest BCUT2D eigenvalue weighted by atomic mass is 9.96. The van der Waals surface area contributed by atoms with Crippen molar-refractivity contribution in [1.29, 1.82) is 0 Å². The summed E-state index contributed by atoms with van der Waals surface area (Å²) in [5.74, 6) is 2.14. The van der Waals surface area contributed by atoms with Gasteiger partial charge in [-0.1, -0.05) is 63.2 Å². The van der Waals surface area contributed by atoms with Gasteiger partial charge in [-0.2, -0.15) is 0 Å². The summed E-state index contributed by atoms with van der Waals surface area (Å²) in [5.41, 5.74) is 6.46. The molecule has 1 aliphatic heterocycles. The second kappa shape index (κ2) is 17.3. The average Bonchev–Trinajstić information content (AvgIpc) is 3.48. The molecule has 0 spiro atoms. The molecule has 0 saturated heterocycles. The SMILES string of the molecule is C=CCOc1cccc2c1CCN(C(=O)c1ccc(Cl)cc1-c1cc(C(=O)N(c3ccc(O[Si](C)(C)C(C)(C)C)cc3)c3cccc(OCCCl)c3)c(C)n1C)C2. The third-order valence-corrected chi connectivity index (χ3v) is 15.8. The minimum Gasteiger partial charge on any atom is -0.544 e. The van der Waals surface area contributed by atoms with Crippen LogP contribution in [0.3, 0.4) is 0 Å². The fourth-order valence-corrected chi connectivity index (χ4v) is 8.06. The van der Waals surface area contributed by atoms with E-state index in [0.717, 1.165) is 28.3 Å². The van der Waals surface area contributed by atoms with Crippen LogP contribution in [-0.2, 0) is 20.0 Å². The lowest BCUT2D eigenvalue weighted by Gasteiger charge is -2.36. The molecule has 1 aliphatic rings. The number of hydrogen-bond acceptors (Lipinski definition) is 5. The van der Waals surface area contributed by atoms with Gasteiger partial charge in [-0.15, -0.1) is 11.6 Å². The van der Waals surface area contributed by atoms with E-state index in [1.807, 2.05) is 96.2 Å². The molecule has 0 unspecified atom stereocenters. The third kappa shape index (κ3) is 8.96. The van der Waals surface area contributed by atoms with E-state index in [1.54, 1.807) is 29.2 Å². The summed E-state index contributed by atoms with van der Waals surface area (Å²) < 4.78 is 20.3. The molecule has 57 heavy (non-hydrogen) atoms. The number of amides is 2. The topological polar surface area (TPSA) is 73.2 Å². The second-order valence-corrected chi connectivity index (χ2v) is 21.3. The highest BCUT2D eigenvalue weighted by Crippen LogP contribution is 2.40. The Morgan fingerprint density at radius 3 is 2.35 bits per heavy atom. The lowest BCUT2D eigenvalue weighted by Crippen LogP contribution is -2.43. The minimum absolute atomic E-state index is 0.0248. The molecule has 298 valence electrons. The number of fused-ring (bicyclic) bond motifs is 1. The van der Waals surface area contributed by atoms with Gasteiger partial charge in [-0.05, 0) is 104 Å². The van der Waals surface area contributed by atoms with Gasteiger partial charge in [0.2, 0.25) is 8.32 Å². The first kappa shape index (κ1) is 41.7. The number of rotatable bonds is 13. The van der Waals surface area contributed by atoms with Gasteiger partial charge in [0.1, 0.15) is 30.5 Å². The van der Waals surface area contributed by atoms with Crippen LogP contribution >= 0.6 is 23.2 Å². The highest BCUT2D eigenvalue weighted by atomic mass is 35.5. The molecule has 11 heteroatoms. The molecule has 2 amide bonds. The van der Waals surface area contributed by atoms with Crippen molar-refractivity contribution in [2.45, 2.75) is 58.8 Å². The quantitative estimate of drug-likeness (QED) is 0.0672. The minimum atomic E-state index is -2.10. The molecule has 4 aromatic carbocycles. The number of carbonyl (C=O) groups excluding carboxylic acids is 2. The Balaban J connectivity index is 1.37. The number of halogens is 2. The molecule has 0 saturated carbocycles. The van der Waals surface area contributed by atoms with Crippen molar-refractivity contribution >= 4 is 54.7 Å². The van der Waals surface area contributed by atoms with Crippen molar-refractivity contribution in [1.82, 2.24) is 9.47 Å². The van der Waals surface area contributed by atoms with Crippen molar-refractivity contribution < 1.29 is 23.5 Å². The molecule has 1 aromatic heterocycles. The third-order valence-electron chi connectivity index (χ3n) is 11.0. The number of ether oxygens (including phenoxy) is 2. The summed E-state index contributed by atoms with van der Waals surface area (Å²) in [6.07, 6.45) is 2.39. The molecular formula is C46H51Cl2N3O5Si. The summed E-state index contributed by atoms with van der Waals surface area (Å²) in [5, 5.41) is 0.508. The maximum absolute atomic E-state index is 15.0. The van der Waals surface area contributed by atoms with Gasteiger partial charge in [0.05, 0.1) is 17.1 Å². The van der Waals surface area contributed by atoms with Gasteiger partial charge in [0.25, 0.3) is 11.8 Å². The Kier molecular flexibility index (Phi) is 12.6. The molecule has 8 nitrogen and oxygen atoms in total. The van der Waals surface area contributed by atoms with E-state index >= 15 is 0 Å². The van der Waals surface area contributed by atoms with Gasteiger partial charge in [0.15, 0.2) is 0 Å². The molecule has 0 bridgehead atoms. The normalized spacial score (nSPS) is 12.8. The van der Waals surface area contributed by atoms with E-state index in [4.69, 9.17) is 37.1 Å². The fraction of sp³-hybridized carbons (Fsp3) is 0.304. The first-order chi connectivity index (χ1) is 27.1. The molecule has 5 aromatic rings. The summed E-state index contributed by atoms with van der Waals surface area (Å²) >= 11 is 12.6. The molecule has 0 aliphatic carbocycles. The first-order valence-corrected chi connectivity index (χ1v) is 23.0. The summed E-state index contributed by atoms with van der Waals surface area (Å²) in [4.78, 5) is 32.9. The first-order valence-electron chi connectivity index (χ1n) is 19.2. The number of alkyl halides is 1. The smallest absolute Gasteiger partial charge is 0.264 e. The van der Waals surface area contributed by atoms with Crippen LogP contribution in [0.2, 0.25) is 23.2 Å². The number of carbonyl (C=O) groups is 2. The van der Waals surface area contributed by atoms with E-state index < -0.39 is 8.32 Å². The predicted octanol–water partition coefficient (Wildman–Crippen LogP) is 11.4. The lowest BCUT2D eigenvalue weighted by molar-refractivity contribution is 0.0734. The molecular weight excluding hydrogens is 774 g/mol. The monoisotopic (exact) mass is 823 g/mol. The van der Waals surface area contributed by atoms with Gasteiger partial charge < -0.3 is 23.4 Å². The van der Waals surface area contributed by atoms with Crippen LogP contribution in [0.15, 0.2) is 104 Å². The fourth-order valence-electron chi connectivity index (χ4n) is 6.78. The Morgan fingerprint density at radius 2 is 1.65 bits per heavy atom. The van der Waals surface area contributed by atoms with Crippen molar-refractivity contribution in [3.63, 3.8) is 0 Å². The summed E-state index contributed by atoms with van der Waals surface area (Å²) in [6.45, 7) is 18.4. The summed E-state index contributed by atoms with van der Waals surface area (Å²) in [7, 11) is -0.199. The van der Waals surface area contributed by atoms with Crippen LogP contribution in [0, 0.1) is 6.92 Å². The molecule has 0 fully saturated rings. The van der Waals surface area contributed by atoms with Crippen LogP contribution in [-0.4, -0.2) is 55.2 Å². The molecule has 0 atom stereocenters. The second-order valence-electron chi connectivity index (χ2n) is 15.8. The zero-order chi connectivity index (χ0) is 41.1. The number of nitrogens with zero attached hydrogens (tertiary/aromatic N) is 3. The molecule has 0 N–H and O–H groups in total. The van der Waals surface area contributed by atoms with Crippen LogP contribution in [0.5, 0.6) is 17.2 Å². The largest absolute Gasteiger partial charge is 0.544 e. The Labute approximate surface area is 347 Å². The maximum Gasteiger partial charge on any atom is 0.264 e. The molecule has 6 rings (SSSR count). The number of anilines is 2. The standard InChI is InChI=1S/C46H51Cl2N3O5Si/c1-9-25-55-43-15-10-12-32-30-50(24-22-38(32)43)44(52)39-21-16-33(48)27-41(39)42-29-40(31(2)49(42)6)45(53)51(35-13-11-14-37(28-35)54-26-23-47)34-17-19-36(20-18-34)56-57(7,8)46(3,4)5/h9-21,27-29H,1,22-26,30H2,2-8H3. The predicted molar refractivity (Wildman–Crippen MR) is 235 cm³/mol. The summed E-state index contributed by atoms with van der Waals surface area (Å²) in [6, 6.07) is 28.2. The van der Waals surface area contributed by atoms with Crippen LogP contribution in [0.4, 0.5) is 11.4 Å². The van der Waals surface area contributed by atoms with Crippen LogP contribution in [0.25, 0.3) is 11.3 Å². The Bertz CT molecular complexity index is 2280. The van der Waals surface area contributed by atoms with E-state index in [0.29, 0.717) is 83.1 Å². The number of benzene rings is 4. The van der Waals surface area contributed by atoms with E-state index in [-0.39, 0.29) is 16.9 Å². The van der Waals surface area contributed by atoms with Crippen LogP contribution < -0.4 is 18.8 Å². The van der Waals surface area contributed by atoms with E-state index in [1.165, 1.54) is 0 Å². The van der Waals surface area contributed by atoms with Crippen molar-refractivity contribution in [3.8, 4) is 28.5 Å². The van der Waals surface area contributed by atoms with Crippen LogP contribution in [0.1, 0.15) is 58.3 Å². The molecule has 2 heterocycles. The van der Waals surface area contributed by atoms with Gasteiger partial charge >= 0.3 is 0 Å². The van der Waals surface area contributed by atoms with Gasteiger partial charge in [0, 0.05) is 65.0 Å². The Hall–Kier alpha value is -4.96. The highest BCUT2D eigenvalue weighted by molar-refractivity contribution is 6.74. The zero-order valence-corrected chi connectivity index (χ0v) is 36.3. The Morgan fingerprint density at radius 1 is 0.912 bits per heavy atom. The van der Waals surface area contributed by atoms with Gasteiger partial charge in [-0.3, -0.25) is 14.5 Å².